The third kappa shape index (κ3) is 4.70. The summed E-state index contributed by atoms with van der Waals surface area (Å²) in [7, 11) is 2.82. The molecular weight excluding hydrogens is 432 g/mol. The zero-order chi connectivity index (χ0) is 21.1. The molecule has 0 bridgehead atoms. The van der Waals surface area contributed by atoms with E-state index in [9.17, 15) is 14.7 Å². The van der Waals surface area contributed by atoms with Gasteiger partial charge in [0.15, 0.2) is 5.54 Å². The minimum Gasteiger partial charge on any atom is -0.495 e. The van der Waals surface area contributed by atoms with Crippen molar-refractivity contribution >= 4 is 33.7 Å². The van der Waals surface area contributed by atoms with Crippen molar-refractivity contribution < 1.29 is 28.9 Å². The molecule has 0 saturated carbocycles. The van der Waals surface area contributed by atoms with E-state index in [1.54, 1.807) is 32.9 Å². The lowest BCUT2D eigenvalue weighted by Gasteiger charge is -2.30. The minimum atomic E-state index is -1.27. The van der Waals surface area contributed by atoms with Crippen LogP contribution in [0.15, 0.2) is 16.6 Å². The standard InChI is InChI=1S/C19H27BrN2O6/c1-18(2,3)28-17(25)21-19(16(24)27-5)8-9-22(11-19)15-12(10-23)13(20)6-7-14(15)26-4/h6-7,23H,8-11H2,1-5H3,(H,21,25). The second kappa shape index (κ2) is 8.57. The fraction of sp³-hybridized carbons (Fsp3) is 0.579. The number of hydrogen-bond acceptors (Lipinski definition) is 7. The Hall–Kier alpha value is -2.00. The number of carbonyl (C=O) groups excluding carboxylic acids is 2. The molecule has 28 heavy (non-hydrogen) atoms. The van der Waals surface area contributed by atoms with Crippen molar-refractivity contribution in [3.8, 4) is 5.75 Å². The maximum atomic E-state index is 12.6. The first kappa shape index (κ1) is 22.3. The predicted molar refractivity (Wildman–Crippen MR) is 108 cm³/mol. The SMILES string of the molecule is COC(=O)C1(NC(=O)OC(C)(C)C)CCN(c2c(OC)ccc(Br)c2CO)C1. The van der Waals surface area contributed by atoms with Crippen LogP contribution in [-0.2, 0) is 20.9 Å². The molecule has 1 heterocycles. The summed E-state index contributed by atoms with van der Waals surface area (Å²) in [6, 6.07) is 3.56. The van der Waals surface area contributed by atoms with E-state index < -0.39 is 23.2 Å². The summed E-state index contributed by atoms with van der Waals surface area (Å²) >= 11 is 3.44. The van der Waals surface area contributed by atoms with Gasteiger partial charge in [-0.15, -0.1) is 0 Å². The predicted octanol–water partition coefficient (Wildman–Crippen LogP) is 2.60. The van der Waals surface area contributed by atoms with E-state index in [-0.39, 0.29) is 13.2 Å². The number of aliphatic hydroxyl groups is 1. The molecule has 1 aliphatic rings. The van der Waals surface area contributed by atoms with Gasteiger partial charge in [0.25, 0.3) is 0 Å². The lowest BCUT2D eigenvalue weighted by Crippen LogP contribution is -2.57. The summed E-state index contributed by atoms with van der Waals surface area (Å²) in [4.78, 5) is 26.8. The Bertz CT molecular complexity index is 749. The highest BCUT2D eigenvalue weighted by Crippen LogP contribution is 2.40. The average Bonchev–Trinajstić information content (AvgIpc) is 3.03. The van der Waals surface area contributed by atoms with E-state index in [4.69, 9.17) is 14.2 Å². The first-order valence-electron chi connectivity index (χ1n) is 8.87. The van der Waals surface area contributed by atoms with Crippen LogP contribution in [0.3, 0.4) is 0 Å². The molecule has 0 aromatic heterocycles. The zero-order valence-corrected chi connectivity index (χ0v) is 18.4. The van der Waals surface area contributed by atoms with E-state index >= 15 is 0 Å². The molecule has 2 rings (SSSR count). The Morgan fingerprint density at radius 3 is 2.54 bits per heavy atom. The van der Waals surface area contributed by atoms with Crippen LogP contribution in [0.25, 0.3) is 0 Å². The molecular formula is C19H27BrN2O6. The van der Waals surface area contributed by atoms with Crippen LogP contribution in [0.5, 0.6) is 5.75 Å². The van der Waals surface area contributed by atoms with Gasteiger partial charge in [-0.1, -0.05) is 15.9 Å². The van der Waals surface area contributed by atoms with Crippen molar-refractivity contribution in [3.63, 3.8) is 0 Å². The molecule has 0 radical (unpaired) electrons. The van der Waals surface area contributed by atoms with E-state index in [2.05, 4.69) is 21.2 Å². The molecule has 1 atom stereocenters. The third-order valence-electron chi connectivity index (χ3n) is 4.47. The maximum Gasteiger partial charge on any atom is 0.408 e. The van der Waals surface area contributed by atoms with Gasteiger partial charge in [-0.05, 0) is 32.9 Å². The first-order chi connectivity index (χ1) is 13.1. The molecule has 156 valence electrons. The second-order valence-electron chi connectivity index (χ2n) is 7.61. The number of ether oxygens (including phenoxy) is 3. The molecule has 0 spiro atoms. The van der Waals surface area contributed by atoms with Gasteiger partial charge >= 0.3 is 12.1 Å². The number of nitrogens with one attached hydrogen (secondary N) is 1. The Morgan fingerprint density at radius 1 is 1.32 bits per heavy atom. The number of alkyl carbamates (subject to hydrolysis) is 1. The number of hydrogen-bond donors (Lipinski definition) is 2. The molecule has 1 aromatic rings. The van der Waals surface area contributed by atoms with Crippen molar-refractivity contribution in [2.24, 2.45) is 0 Å². The number of benzene rings is 1. The Labute approximate surface area is 173 Å². The van der Waals surface area contributed by atoms with Crippen LogP contribution >= 0.6 is 15.9 Å². The van der Waals surface area contributed by atoms with E-state index in [0.29, 0.717) is 30.0 Å². The molecule has 0 aliphatic carbocycles. The van der Waals surface area contributed by atoms with Gasteiger partial charge in [0, 0.05) is 23.0 Å². The Kier molecular flexibility index (Phi) is 6.82. The molecule has 1 saturated heterocycles. The van der Waals surface area contributed by atoms with Crippen molar-refractivity contribution in [1.29, 1.82) is 0 Å². The summed E-state index contributed by atoms with van der Waals surface area (Å²) < 4.78 is 16.5. The maximum absolute atomic E-state index is 12.6. The molecule has 1 aromatic carbocycles. The quantitative estimate of drug-likeness (QED) is 0.654. The number of amides is 1. The largest absolute Gasteiger partial charge is 0.495 e. The number of halogens is 1. The average molecular weight is 459 g/mol. The second-order valence-corrected chi connectivity index (χ2v) is 8.46. The van der Waals surface area contributed by atoms with Crippen LogP contribution < -0.4 is 15.0 Å². The highest BCUT2D eigenvalue weighted by Gasteiger charge is 2.48. The fourth-order valence-electron chi connectivity index (χ4n) is 3.27. The molecule has 1 unspecified atom stereocenters. The van der Waals surface area contributed by atoms with Crippen molar-refractivity contribution in [2.45, 2.75) is 44.9 Å². The van der Waals surface area contributed by atoms with E-state index in [0.717, 1.165) is 4.47 Å². The zero-order valence-electron chi connectivity index (χ0n) is 16.8. The van der Waals surface area contributed by atoms with Crippen LogP contribution in [-0.4, -0.2) is 55.6 Å². The molecule has 8 nitrogen and oxygen atoms in total. The molecule has 9 heteroatoms. The topological polar surface area (TPSA) is 97.3 Å². The van der Waals surface area contributed by atoms with Crippen LogP contribution in [0, 0.1) is 0 Å². The van der Waals surface area contributed by atoms with E-state index in [1.165, 1.54) is 14.2 Å². The highest BCUT2D eigenvalue weighted by atomic mass is 79.9. The molecule has 1 aliphatic heterocycles. The Morgan fingerprint density at radius 2 is 2.00 bits per heavy atom. The van der Waals surface area contributed by atoms with Gasteiger partial charge in [-0.3, -0.25) is 0 Å². The van der Waals surface area contributed by atoms with Crippen molar-refractivity contribution in [2.75, 3.05) is 32.2 Å². The third-order valence-corrected chi connectivity index (χ3v) is 5.21. The lowest BCUT2D eigenvalue weighted by atomic mass is 9.99. The number of rotatable bonds is 5. The van der Waals surface area contributed by atoms with Gasteiger partial charge in [0.2, 0.25) is 0 Å². The smallest absolute Gasteiger partial charge is 0.408 e. The normalized spacial score (nSPS) is 19.3. The van der Waals surface area contributed by atoms with Crippen molar-refractivity contribution in [1.82, 2.24) is 5.32 Å². The van der Waals surface area contributed by atoms with Crippen molar-refractivity contribution in [3.05, 3.63) is 22.2 Å². The monoisotopic (exact) mass is 458 g/mol. The van der Waals surface area contributed by atoms with Gasteiger partial charge in [-0.2, -0.15) is 0 Å². The molecule has 2 N–H and O–H groups in total. The van der Waals surface area contributed by atoms with Gasteiger partial charge < -0.3 is 29.5 Å². The number of methoxy groups -OCH3 is 2. The lowest BCUT2D eigenvalue weighted by molar-refractivity contribution is -0.147. The number of carbonyl (C=O) groups is 2. The summed E-state index contributed by atoms with van der Waals surface area (Å²) in [5, 5.41) is 12.5. The van der Waals surface area contributed by atoms with Gasteiger partial charge in [-0.25, -0.2) is 9.59 Å². The highest BCUT2D eigenvalue weighted by molar-refractivity contribution is 9.10. The summed E-state index contributed by atoms with van der Waals surface area (Å²) in [5.74, 6) is 0.00514. The number of anilines is 1. The number of aliphatic hydroxyl groups excluding tert-OH is 1. The van der Waals surface area contributed by atoms with Crippen LogP contribution in [0.1, 0.15) is 32.8 Å². The van der Waals surface area contributed by atoms with Gasteiger partial charge in [0.1, 0.15) is 11.4 Å². The van der Waals surface area contributed by atoms with Crippen LogP contribution in [0.4, 0.5) is 10.5 Å². The number of esters is 1. The Balaban J connectivity index is 2.37. The minimum absolute atomic E-state index is 0.152. The summed E-state index contributed by atoms with van der Waals surface area (Å²) in [6.07, 6.45) is -0.372. The summed E-state index contributed by atoms with van der Waals surface area (Å²) in [5.41, 5.74) is -0.664. The first-order valence-corrected chi connectivity index (χ1v) is 9.67. The molecule has 1 amide bonds. The fourth-order valence-corrected chi connectivity index (χ4v) is 3.71. The molecule has 1 fully saturated rings. The van der Waals surface area contributed by atoms with Gasteiger partial charge in [0.05, 0.1) is 33.1 Å². The summed E-state index contributed by atoms with van der Waals surface area (Å²) in [6.45, 7) is 5.63. The number of nitrogens with zero attached hydrogens (tertiary/aromatic N) is 1. The van der Waals surface area contributed by atoms with Crippen LogP contribution in [0.2, 0.25) is 0 Å². The van der Waals surface area contributed by atoms with E-state index in [1.807, 2.05) is 4.90 Å².